The summed E-state index contributed by atoms with van der Waals surface area (Å²) in [6.07, 6.45) is 0. The van der Waals surface area contributed by atoms with Gasteiger partial charge in [-0.3, -0.25) is 0 Å². The highest BCUT2D eigenvalue weighted by Gasteiger charge is 2.31. The van der Waals surface area contributed by atoms with Gasteiger partial charge in [-0.05, 0) is 38.1 Å². The zero-order valence-electron chi connectivity index (χ0n) is 16.8. The van der Waals surface area contributed by atoms with Gasteiger partial charge in [-0.15, -0.1) is 0 Å². The average molecular weight is 430 g/mol. The van der Waals surface area contributed by atoms with Gasteiger partial charge >= 0.3 is 0 Å². The van der Waals surface area contributed by atoms with Crippen molar-refractivity contribution in [1.82, 2.24) is 4.98 Å². The van der Waals surface area contributed by atoms with Crippen molar-refractivity contribution in [2.75, 3.05) is 25.6 Å². The van der Waals surface area contributed by atoms with E-state index in [4.69, 9.17) is 18.6 Å². The van der Waals surface area contributed by atoms with Gasteiger partial charge < -0.3 is 23.9 Å². The van der Waals surface area contributed by atoms with Crippen molar-refractivity contribution in [2.24, 2.45) is 0 Å². The van der Waals surface area contributed by atoms with Gasteiger partial charge in [0.2, 0.25) is 26.6 Å². The highest BCUT2D eigenvalue weighted by Crippen LogP contribution is 2.38. The van der Waals surface area contributed by atoms with E-state index in [9.17, 15) is 8.42 Å². The molecule has 1 aliphatic rings. The molecule has 0 atom stereocenters. The molecule has 1 N–H and O–H groups in total. The number of sulfone groups is 1. The molecule has 0 fully saturated rings. The van der Waals surface area contributed by atoms with E-state index in [0.29, 0.717) is 36.0 Å². The number of aromatic nitrogens is 1. The minimum Gasteiger partial charge on any atom is -0.496 e. The topological polar surface area (TPSA) is 99.9 Å². The lowest BCUT2D eigenvalue weighted by molar-refractivity contribution is 0.171. The van der Waals surface area contributed by atoms with Gasteiger partial charge in [0, 0.05) is 12.1 Å². The molecular weight excluding hydrogens is 408 g/mol. The Hall–Kier alpha value is -3.20. The van der Waals surface area contributed by atoms with Crippen LogP contribution < -0.4 is 19.5 Å². The highest BCUT2D eigenvalue weighted by atomic mass is 32.2. The van der Waals surface area contributed by atoms with Gasteiger partial charge in [0.25, 0.3) is 0 Å². The summed E-state index contributed by atoms with van der Waals surface area (Å²) in [6.45, 7) is 4.54. The van der Waals surface area contributed by atoms with Crippen molar-refractivity contribution in [2.45, 2.75) is 29.8 Å². The number of nitrogens with zero attached hydrogens (tertiary/aromatic N) is 1. The van der Waals surface area contributed by atoms with Crippen LogP contribution in [0, 0.1) is 0 Å². The maximum atomic E-state index is 13.4. The zero-order chi connectivity index (χ0) is 21.3. The van der Waals surface area contributed by atoms with Crippen LogP contribution in [-0.4, -0.2) is 39.8 Å². The van der Waals surface area contributed by atoms with E-state index in [0.717, 1.165) is 0 Å². The summed E-state index contributed by atoms with van der Waals surface area (Å²) in [5.41, 5.74) is 0.551. The Bertz CT molecular complexity index is 1170. The minimum atomic E-state index is -4.00. The van der Waals surface area contributed by atoms with Crippen molar-refractivity contribution in [3.05, 3.63) is 42.5 Å². The molecule has 2 aromatic carbocycles. The van der Waals surface area contributed by atoms with Crippen LogP contribution in [0.5, 0.6) is 17.2 Å². The number of hydrogen-bond donors (Lipinski definition) is 1. The van der Waals surface area contributed by atoms with Gasteiger partial charge in [-0.2, -0.15) is 4.98 Å². The summed E-state index contributed by atoms with van der Waals surface area (Å²) in [6, 6.07) is 11.5. The molecule has 0 unspecified atom stereocenters. The van der Waals surface area contributed by atoms with Crippen molar-refractivity contribution in [3.63, 3.8) is 0 Å². The van der Waals surface area contributed by atoms with Crippen molar-refractivity contribution < 1.29 is 27.0 Å². The van der Waals surface area contributed by atoms with Crippen LogP contribution in [0.1, 0.15) is 13.8 Å². The molecule has 0 saturated carbocycles. The zero-order valence-corrected chi connectivity index (χ0v) is 17.7. The van der Waals surface area contributed by atoms with Gasteiger partial charge in [-0.25, -0.2) is 8.42 Å². The van der Waals surface area contributed by atoms with E-state index in [1.165, 1.54) is 19.2 Å². The second-order valence-electron chi connectivity index (χ2n) is 6.96. The Morgan fingerprint density at radius 1 is 1.07 bits per heavy atom. The lowest BCUT2D eigenvalue weighted by atomic mass is 10.2. The molecular formula is C21H22N2O6S. The standard InChI is InChI=1S/C21H22N2O6S/c1-13(2)22-20-21(23-19(29-20)15-6-4-5-7-16(15)26-3)30(24,25)14-8-9-17-18(12-14)28-11-10-27-17/h4-9,12-13,22H,10-11H2,1-3H3. The molecule has 0 saturated heterocycles. The van der Waals surface area contributed by atoms with E-state index in [1.807, 2.05) is 19.9 Å². The van der Waals surface area contributed by atoms with Gasteiger partial charge in [-0.1, -0.05) is 12.1 Å². The van der Waals surface area contributed by atoms with Crippen molar-refractivity contribution in [1.29, 1.82) is 0 Å². The lowest BCUT2D eigenvalue weighted by Crippen LogP contribution is -2.16. The van der Waals surface area contributed by atoms with Crippen LogP contribution >= 0.6 is 0 Å². The Morgan fingerprint density at radius 3 is 2.53 bits per heavy atom. The Labute approximate surface area is 174 Å². The summed E-state index contributed by atoms with van der Waals surface area (Å²) >= 11 is 0. The number of para-hydroxylation sites is 1. The second kappa shape index (κ2) is 7.91. The lowest BCUT2D eigenvalue weighted by Gasteiger charge is -2.18. The van der Waals surface area contributed by atoms with Gasteiger partial charge in [0.05, 0.1) is 17.6 Å². The van der Waals surface area contributed by atoms with Crippen molar-refractivity contribution >= 4 is 15.7 Å². The highest BCUT2D eigenvalue weighted by molar-refractivity contribution is 7.91. The van der Waals surface area contributed by atoms with Crippen LogP contribution in [0.25, 0.3) is 11.5 Å². The summed E-state index contributed by atoms with van der Waals surface area (Å²) < 4.78 is 49.1. The number of benzene rings is 2. The molecule has 8 nitrogen and oxygen atoms in total. The van der Waals surface area contributed by atoms with Crippen LogP contribution in [-0.2, 0) is 9.84 Å². The summed E-state index contributed by atoms with van der Waals surface area (Å²) in [5.74, 6) is 1.63. The third-order valence-corrected chi connectivity index (χ3v) is 6.09. The number of anilines is 1. The van der Waals surface area contributed by atoms with E-state index < -0.39 is 9.84 Å². The first-order valence-corrected chi connectivity index (χ1v) is 10.9. The SMILES string of the molecule is COc1ccccc1-c1nc(S(=O)(=O)c2ccc3c(c2)OCCO3)c(NC(C)C)o1. The number of fused-ring (bicyclic) bond motifs is 1. The first-order valence-electron chi connectivity index (χ1n) is 9.45. The molecule has 9 heteroatoms. The number of methoxy groups -OCH3 is 1. The molecule has 0 spiro atoms. The first-order chi connectivity index (χ1) is 14.4. The molecule has 1 aromatic heterocycles. The fourth-order valence-corrected chi connectivity index (χ4v) is 4.36. The number of ether oxygens (including phenoxy) is 3. The van der Waals surface area contributed by atoms with Crippen LogP contribution in [0.3, 0.4) is 0 Å². The minimum absolute atomic E-state index is 0.0402. The van der Waals surface area contributed by atoms with Gasteiger partial charge in [0.15, 0.2) is 11.5 Å². The molecule has 30 heavy (non-hydrogen) atoms. The monoisotopic (exact) mass is 430 g/mol. The molecule has 0 aliphatic carbocycles. The third-order valence-electron chi connectivity index (χ3n) is 4.43. The summed E-state index contributed by atoms with van der Waals surface area (Å²) in [7, 11) is -2.47. The van der Waals surface area contributed by atoms with Crippen molar-refractivity contribution in [3.8, 4) is 28.7 Å². The summed E-state index contributed by atoms with van der Waals surface area (Å²) in [5, 5.41) is 2.83. The normalized spacial score (nSPS) is 13.3. The van der Waals surface area contributed by atoms with Crippen LogP contribution in [0.4, 0.5) is 5.88 Å². The third kappa shape index (κ3) is 3.68. The van der Waals surface area contributed by atoms with E-state index in [1.54, 1.807) is 24.3 Å². The molecule has 3 aromatic rings. The Kier molecular flexibility index (Phi) is 5.29. The fourth-order valence-electron chi connectivity index (χ4n) is 3.08. The molecule has 0 bridgehead atoms. The fraction of sp³-hybridized carbons (Fsp3) is 0.286. The average Bonchev–Trinajstić information content (AvgIpc) is 3.17. The Balaban J connectivity index is 1.83. The largest absolute Gasteiger partial charge is 0.496 e. The van der Waals surface area contributed by atoms with Crippen LogP contribution in [0.15, 0.2) is 56.8 Å². The quantitative estimate of drug-likeness (QED) is 0.631. The number of oxazole rings is 1. The van der Waals surface area contributed by atoms with E-state index in [-0.39, 0.29) is 27.7 Å². The van der Waals surface area contributed by atoms with Crippen LogP contribution in [0.2, 0.25) is 0 Å². The molecule has 2 heterocycles. The number of nitrogens with one attached hydrogen (secondary N) is 1. The second-order valence-corrected chi connectivity index (χ2v) is 8.83. The predicted octanol–water partition coefficient (Wildman–Crippen LogP) is 3.77. The summed E-state index contributed by atoms with van der Waals surface area (Å²) in [4.78, 5) is 4.37. The molecule has 0 radical (unpaired) electrons. The first kappa shape index (κ1) is 20.1. The molecule has 4 rings (SSSR count). The molecule has 158 valence electrons. The molecule has 0 amide bonds. The van der Waals surface area contributed by atoms with E-state index in [2.05, 4.69) is 10.3 Å². The maximum absolute atomic E-state index is 13.4. The molecule has 1 aliphatic heterocycles. The predicted molar refractivity (Wildman–Crippen MR) is 110 cm³/mol. The van der Waals surface area contributed by atoms with E-state index >= 15 is 0 Å². The number of rotatable bonds is 6. The smallest absolute Gasteiger partial charge is 0.234 e. The Morgan fingerprint density at radius 2 is 1.80 bits per heavy atom. The maximum Gasteiger partial charge on any atom is 0.234 e. The number of hydrogen-bond acceptors (Lipinski definition) is 8. The van der Waals surface area contributed by atoms with Gasteiger partial charge in [0.1, 0.15) is 19.0 Å².